The number of aromatic nitrogens is 1. The zero-order valence-corrected chi connectivity index (χ0v) is 16.2. The Morgan fingerprint density at radius 1 is 1.19 bits per heavy atom. The summed E-state index contributed by atoms with van der Waals surface area (Å²) in [6.07, 6.45) is 3.05. The molecule has 2 aromatic heterocycles. The SMILES string of the molecule is COc1cc(/C=C/C(=O)Nc2nc(-c3cccs3)cs2)ccc1OC(C)=O. The van der Waals surface area contributed by atoms with E-state index in [1.165, 1.54) is 31.4 Å². The number of benzene rings is 1. The number of hydrogen-bond donors (Lipinski definition) is 1. The number of hydrogen-bond acceptors (Lipinski definition) is 7. The first-order valence-corrected chi connectivity index (χ1v) is 9.66. The topological polar surface area (TPSA) is 77.5 Å². The molecule has 2 heterocycles. The van der Waals surface area contributed by atoms with Gasteiger partial charge in [-0.1, -0.05) is 12.1 Å². The van der Waals surface area contributed by atoms with Crippen LogP contribution in [0.15, 0.2) is 47.2 Å². The van der Waals surface area contributed by atoms with Crippen LogP contribution in [0.1, 0.15) is 12.5 Å². The Kier molecular flexibility index (Phi) is 6.00. The number of anilines is 1. The fourth-order valence-corrected chi connectivity index (χ4v) is 3.69. The van der Waals surface area contributed by atoms with Gasteiger partial charge in [-0.05, 0) is 35.2 Å². The molecule has 0 radical (unpaired) electrons. The smallest absolute Gasteiger partial charge is 0.308 e. The number of amides is 1. The summed E-state index contributed by atoms with van der Waals surface area (Å²) >= 11 is 2.97. The maximum atomic E-state index is 12.1. The van der Waals surface area contributed by atoms with Gasteiger partial charge in [0.2, 0.25) is 5.91 Å². The number of thiophene rings is 1. The Balaban J connectivity index is 1.65. The zero-order chi connectivity index (χ0) is 19.2. The van der Waals surface area contributed by atoms with Gasteiger partial charge in [-0.2, -0.15) is 0 Å². The van der Waals surface area contributed by atoms with Crippen LogP contribution >= 0.6 is 22.7 Å². The van der Waals surface area contributed by atoms with Crippen LogP contribution in [0.5, 0.6) is 11.5 Å². The van der Waals surface area contributed by atoms with E-state index in [0.29, 0.717) is 16.6 Å². The minimum Gasteiger partial charge on any atom is -0.493 e. The molecule has 3 rings (SSSR count). The molecule has 0 fully saturated rings. The van der Waals surface area contributed by atoms with E-state index in [1.54, 1.807) is 35.6 Å². The molecule has 0 atom stereocenters. The molecule has 1 amide bonds. The molecular weight excluding hydrogens is 384 g/mol. The molecule has 0 bridgehead atoms. The number of nitrogens with one attached hydrogen (secondary N) is 1. The van der Waals surface area contributed by atoms with E-state index in [2.05, 4.69) is 10.3 Å². The van der Waals surface area contributed by atoms with Crippen LogP contribution < -0.4 is 14.8 Å². The van der Waals surface area contributed by atoms with Crippen LogP contribution in [-0.2, 0) is 9.59 Å². The van der Waals surface area contributed by atoms with Gasteiger partial charge in [-0.15, -0.1) is 22.7 Å². The van der Waals surface area contributed by atoms with Crippen LogP contribution in [0, 0.1) is 0 Å². The molecule has 0 aliphatic heterocycles. The molecule has 27 heavy (non-hydrogen) atoms. The number of nitrogens with zero attached hydrogens (tertiary/aromatic N) is 1. The summed E-state index contributed by atoms with van der Waals surface area (Å²) in [6.45, 7) is 1.32. The van der Waals surface area contributed by atoms with E-state index in [4.69, 9.17) is 9.47 Å². The van der Waals surface area contributed by atoms with Gasteiger partial charge in [0.05, 0.1) is 17.7 Å². The predicted octanol–water partition coefficient (Wildman–Crippen LogP) is 4.46. The first kappa shape index (κ1) is 18.8. The average molecular weight is 400 g/mol. The summed E-state index contributed by atoms with van der Waals surface area (Å²) in [6, 6.07) is 8.97. The molecule has 1 aromatic carbocycles. The number of methoxy groups -OCH3 is 1. The van der Waals surface area contributed by atoms with Gasteiger partial charge in [-0.3, -0.25) is 14.9 Å². The summed E-state index contributed by atoms with van der Waals surface area (Å²) in [7, 11) is 1.48. The molecule has 1 N–H and O–H groups in total. The summed E-state index contributed by atoms with van der Waals surface area (Å²) in [5.41, 5.74) is 1.58. The third-order valence-corrected chi connectivity index (χ3v) is 5.03. The van der Waals surface area contributed by atoms with Crippen molar-refractivity contribution < 1.29 is 19.1 Å². The predicted molar refractivity (Wildman–Crippen MR) is 107 cm³/mol. The maximum Gasteiger partial charge on any atom is 0.308 e. The molecule has 0 saturated heterocycles. The molecular formula is C19H16N2O4S2. The zero-order valence-electron chi connectivity index (χ0n) is 14.6. The summed E-state index contributed by atoms with van der Waals surface area (Å²) in [5, 5.41) is 7.17. The van der Waals surface area contributed by atoms with E-state index >= 15 is 0 Å². The molecule has 6 nitrogen and oxygen atoms in total. The molecule has 0 spiro atoms. The molecule has 0 aliphatic carbocycles. The van der Waals surface area contributed by atoms with Crippen molar-refractivity contribution in [2.24, 2.45) is 0 Å². The summed E-state index contributed by atoms with van der Waals surface area (Å²) < 4.78 is 10.3. The fourth-order valence-electron chi connectivity index (χ4n) is 2.21. The Morgan fingerprint density at radius 3 is 2.74 bits per heavy atom. The lowest BCUT2D eigenvalue weighted by Gasteiger charge is -2.08. The molecule has 138 valence electrons. The normalized spacial score (nSPS) is 10.7. The number of ether oxygens (including phenoxy) is 2. The van der Waals surface area contributed by atoms with E-state index in [9.17, 15) is 9.59 Å². The summed E-state index contributed by atoms with van der Waals surface area (Å²) in [4.78, 5) is 28.7. The van der Waals surface area contributed by atoms with E-state index in [0.717, 1.165) is 16.1 Å². The lowest BCUT2D eigenvalue weighted by Crippen LogP contribution is -2.07. The number of carbonyl (C=O) groups is 2. The number of rotatable bonds is 6. The molecule has 0 aliphatic rings. The average Bonchev–Trinajstić information content (AvgIpc) is 3.32. The lowest BCUT2D eigenvalue weighted by molar-refractivity contribution is -0.132. The van der Waals surface area contributed by atoms with Gasteiger partial charge >= 0.3 is 5.97 Å². The second kappa shape index (κ2) is 8.61. The standard InChI is InChI=1S/C19H16N2O4S2/c1-12(22)25-15-7-5-13(10-16(15)24-2)6-8-18(23)21-19-20-14(11-27-19)17-4-3-9-26-17/h3-11H,1-2H3,(H,20,21,23)/b8-6+. The van der Waals surface area contributed by atoms with Crippen molar-refractivity contribution in [3.05, 3.63) is 52.7 Å². The second-order valence-corrected chi connectivity index (χ2v) is 7.15. The van der Waals surface area contributed by atoms with E-state index in [1.807, 2.05) is 22.9 Å². The van der Waals surface area contributed by atoms with Gasteiger partial charge < -0.3 is 9.47 Å². The highest BCUT2D eigenvalue weighted by Gasteiger charge is 2.09. The number of esters is 1. The van der Waals surface area contributed by atoms with E-state index < -0.39 is 5.97 Å². The Bertz CT molecular complexity index is 978. The van der Waals surface area contributed by atoms with E-state index in [-0.39, 0.29) is 5.91 Å². The Labute approximate surface area is 164 Å². The van der Waals surface area contributed by atoms with Crippen molar-refractivity contribution in [2.45, 2.75) is 6.92 Å². The molecule has 0 saturated carbocycles. The first-order chi connectivity index (χ1) is 13.0. The van der Waals surface area contributed by atoms with Crippen LogP contribution in [0.4, 0.5) is 5.13 Å². The van der Waals surface area contributed by atoms with Gasteiger partial charge in [-0.25, -0.2) is 4.98 Å². The third-order valence-electron chi connectivity index (χ3n) is 3.38. The van der Waals surface area contributed by atoms with Gasteiger partial charge in [0.15, 0.2) is 16.6 Å². The highest BCUT2D eigenvalue weighted by Crippen LogP contribution is 2.29. The monoisotopic (exact) mass is 400 g/mol. The maximum absolute atomic E-state index is 12.1. The van der Waals surface area contributed by atoms with Crippen molar-refractivity contribution in [1.82, 2.24) is 4.98 Å². The van der Waals surface area contributed by atoms with Crippen LogP contribution in [-0.4, -0.2) is 24.0 Å². The molecule has 3 aromatic rings. The highest BCUT2D eigenvalue weighted by atomic mass is 32.1. The van der Waals surface area contributed by atoms with Crippen LogP contribution in [0.3, 0.4) is 0 Å². The van der Waals surface area contributed by atoms with Crippen molar-refractivity contribution in [2.75, 3.05) is 12.4 Å². The van der Waals surface area contributed by atoms with Gasteiger partial charge in [0.1, 0.15) is 0 Å². The lowest BCUT2D eigenvalue weighted by atomic mass is 10.2. The number of thiazole rings is 1. The van der Waals surface area contributed by atoms with Crippen molar-refractivity contribution in [3.8, 4) is 22.1 Å². The van der Waals surface area contributed by atoms with Crippen LogP contribution in [0.2, 0.25) is 0 Å². The van der Waals surface area contributed by atoms with Crippen LogP contribution in [0.25, 0.3) is 16.6 Å². The second-order valence-electron chi connectivity index (χ2n) is 5.34. The molecule has 0 unspecified atom stereocenters. The fraction of sp³-hybridized carbons (Fsp3) is 0.105. The van der Waals surface area contributed by atoms with Crippen molar-refractivity contribution in [1.29, 1.82) is 0 Å². The Hall–Kier alpha value is -2.97. The number of carbonyl (C=O) groups excluding carboxylic acids is 2. The minimum absolute atomic E-state index is 0.287. The third kappa shape index (κ3) is 5.02. The van der Waals surface area contributed by atoms with Crippen molar-refractivity contribution in [3.63, 3.8) is 0 Å². The Morgan fingerprint density at radius 2 is 2.04 bits per heavy atom. The quantitative estimate of drug-likeness (QED) is 0.376. The highest BCUT2D eigenvalue weighted by molar-refractivity contribution is 7.16. The first-order valence-electron chi connectivity index (χ1n) is 7.90. The largest absolute Gasteiger partial charge is 0.493 e. The van der Waals surface area contributed by atoms with Crippen molar-refractivity contribution >= 4 is 45.8 Å². The minimum atomic E-state index is -0.429. The van der Waals surface area contributed by atoms with Gasteiger partial charge in [0.25, 0.3) is 0 Å². The molecule has 8 heteroatoms. The summed E-state index contributed by atoms with van der Waals surface area (Å²) in [5.74, 6) is 0.0233. The van der Waals surface area contributed by atoms with Gasteiger partial charge in [0, 0.05) is 18.4 Å².